The molecule has 2 aromatic carbocycles. The number of amides is 1. The van der Waals surface area contributed by atoms with Gasteiger partial charge in [0.05, 0.1) is 11.1 Å². The maximum absolute atomic E-state index is 13.1. The van der Waals surface area contributed by atoms with Gasteiger partial charge in [-0.15, -0.1) is 0 Å². The van der Waals surface area contributed by atoms with Crippen LogP contribution in [0.5, 0.6) is 5.75 Å². The Kier molecular flexibility index (Phi) is 4.63. The van der Waals surface area contributed by atoms with Crippen molar-refractivity contribution in [1.29, 1.82) is 0 Å². The Morgan fingerprint density at radius 1 is 1.19 bits per heavy atom. The van der Waals surface area contributed by atoms with E-state index in [1.165, 1.54) is 0 Å². The minimum Gasteiger partial charge on any atom is -0.466 e. The molecule has 3 atom stereocenters. The molecule has 3 unspecified atom stereocenters. The van der Waals surface area contributed by atoms with Gasteiger partial charge in [-0.05, 0) is 55.5 Å². The number of halogens is 3. The first-order valence-corrected chi connectivity index (χ1v) is 9.64. The number of hydrogen-bond acceptors (Lipinski definition) is 3. The highest BCUT2D eigenvalue weighted by Crippen LogP contribution is 2.49. The monoisotopic (exact) mass is 441 g/mol. The minimum atomic E-state index is -1.08. The molecule has 2 heterocycles. The van der Waals surface area contributed by atoms with Crippen molar-refractivity contribution in [3.05, 3.63) is 57.0 Å². The highest BCUT2D eigenvalue weighted by molar-refractivity contribution is 7.80. The van der Waals surface area contributed by atoms with Crippen LogP contribution in [0.25, 0.3) is 0 Å². The third-order valence-electron chi connectivity index (χ3n) is 4.66. The van der Waals surface area contributed by atoms with E-state index < -0.39 is 17.7 Å². The van der Waals surface area contributed by atoms with E-state index in [0.717, 1.165) is 0 Å². The largest absolute Gasteiger partial charge is 0.466 e. The van der Waals surface area contributed by atoms with Crippen LogP contribution in [0.4, 0.5) is 5.69 Å². The van der Waals surface area contributed by atoms with Gasteiger partial charge in [0.15, 0.2) is 10.8 Å². The van der Waals surface area contributed by atoms with E-state index in [1.54, 1.807) is 43.3 Å². The molecular formula is C18H14Cl3N3O2S. The molecule has 2 aliphatic rings. The molecule has 2 aliphatic heterocycles. The number of nitrogens with one attached hydrogen (secondary N) is 3. The second kappa shape index (κ2) is 6.71. The first-order chi connectivity index (χ1) is 12.8. The highest BCUT2D eigenvalue weighted by Gasteiger charge is 2.55. The van der Waals surface area contributed by atoms with Crippen molar-refractivity contribution in [3.63, 3.8) is 0 Å². The molecule has 0 aromatic heterocycles. The van der Waals surface area contributed by atoms with E-state index in [1.807, 2.05) is 0 Å². The number of hydrogen-bond donors (Lipinski definition) is 3. The molecule has 27 heavy (non-hydrogen) atoms. The van der Waals surface area contributed by atoms with E-state index >= 15 is 0 Å². The third kappa shape index (κ3) is 3.31. The fourth-order valence-corrected chi connectivity index (χ4v) is 4.52. The molecule has 0 spiro atoms. The van der Waals surface area contributed by atoms with Crippen LogP contribution in [-0.4, -0.2) is 16.7 Å². The van der Waals surface area contributed by atoms with Crippen LogP contribution in [0, 0.1) is 5.92 Å². The molecule has 0 radical (unpaired) electrons. The quantitative estimate of drug-likeness (QED) is 0.597. The van der Waals surface area contributed by atoms with Crippen LogP contribution in [-0.2, 0) is 4.79 Å². The first kappa shape index (κ1) is 18.6. The number of ether oxygens (including phenoxy) is 1. The average molecular weight is 443 g/mol. The summed E-state index contributed by atoms with van der Waals surface area (Å²) in [6.07, 6.45) is 0. The predicted molar refractivity (Wildman–Crippen MR) is 111 cm³/mol. The molecule has 2 aromatic rings. The molecule has 4 rings (SSSR count). The molecule has 0 aliphatic carbocycles. The van der Waals surface area contributed by atoms with Crippen LogP contribution in [0.15, 0.2) is 36.4 Å². The predicted octanol–water partition coefficient (Wildman–Crippen LogP) is 4.53. The van der Waals surface area contributed by atoms with Crippen molar-refractivity contribution < 1.29 is 9.53 Å². The van der Waals surface area contributed by atoms with E-state index in [9.17, 15) is 4.79 Å². The Morgan fingerprint density at radius 3 is 2.59 bits per heavy atom. The van der Waals surface area contributed by atoms with Crippen molar-refractivity contribution >= 4 is 63.7 Å². The van der Waals surface area contributed by atoms with Gasteiger partial charge < -0.3 is 20.7 Å². The molecule has 2 bridgehead atoms. The summed E-state index contributed by atoms with van der Waals surface area (Å²) in [5.74, 6) is -0.400. The fraction of sp³-hybridized carbons (Fsp3) is 0.222. The maximum atomic E-state index is 13.1. The van der Waals surface area contributed by atoms with Crippen molar-refractivity contribution in [1.82, 2.24) is 10.6 Å². The van der Waals surface area contributed by atoms with Gasteiger partial charge in [-0.1, -0.05) is 34.8 Å². The number of rotatable bonds is 2. The van der Waals surface area contributed by atoms with Crippen molar-refractivity contribution in [3.8, 4) is 5.75 Å². The van der Waals surface area contributed by atoms with Crippen LogP contribution in [0.2, 0.25) is 15.1 Å². The molecule has 3 N–H and O–H groups in total. The summed E-state index contributed by atoms with van der Waals surface area (Å²) < 4.78 is 6.13. The molecule has 5 nitrogen and oxygen atoms in total. The lowest BCUT2D eigenvalue weighted by molar-refractivity contribution is -0.132. The number of carbonyl (C=O) groups excluding carboxylic acids is 1. The number of benzene rings is 2. The third-order valence-corrected chi connectivity index (χ3v) is 5.63. The summed E-state index contributed by atoms with van der Waals surface area (Å²) in [5.41, 5.74) is 0.238. The van der Waals surface area contributed by atoms with Crippen LogP contribution in [0.3, 0.4) is 0 Å². The SMILES string of the molecule is CC12NC(=S)NC(c3cc(Cl)cc(Cl)c3O1)C2C(=O)Nc1ccc(Cl)cc1. The topological polar surface area (TPSA) is 62.4 Å². The number of anilines is 1. The van der Waals surface area contributed by atoms with Gasteiger partial charge in [0.25, 0.3) is 0 Å². The van der Waals surface area contributed by atoms with Crippen molar-refractivity contribution in [2.24, 2.45) is 5.92 Å². The van der Waals surface area contributed by atoms with Gasteiger partial charge in [-0.3, -0.25) is 4.79 Å². The molecular weight excluding hydrogens is 429 g/mol. The van der Waals surface area contributed by atoms with Gasteiger partial charge in [0.1, 0.15) is 11.7 Å². The lowest BCUT2D eigenvalue weighted by Gasteiger charge is -2.50. The molecule has 0 saturated carbocycles. The second-order valence-electron chi connectivity index (χ2n) is 6.57. The zero-order chi connectivity index (χ0) is 19.3. The first-order valence-electron chi connectivity index (χ1n) is 8.10. The van der Waals surface area contributed by atoms with Gasteiger partial charge >= 0.3 is 0 Å². The number of thiocarbonyl (C=S) groups is 1. The molecule has 1 amide bonds. The smallest absolute Gasteiger partial charge is 0.236 e. The summed E-state index contributed by atoms with van der Waals surface area (Å²) in [4.78, 5) is 13.1. The lowest BCUT2D eigenvalue weighted by atomic mass is 9.80. The molecule has 140 valence electrons. The van der Waals surface area contributed by atoms with E-state index in [-0.39, 0.29) is 5.91 Å². The van der Waals surface area contributed by atoms with Crippen molar-refractivity contribution in [2.75, 3.05) is 5.32 Å². The normalized spacial score (nSPS) is 25.6. The van der Waals surface area contributed by atoms with Crippen LogP contribution in [0.1, 0.15) is 18.5 Å². The van der Waals surface area contributed by atoms with E-state index in [2.05, 4.69) is 16.0 Å². The Hall–Kier alpha value is -1.73. The zero-order valence-corrected chi connectivity index (χ0v) is 17.1. The minimum absolute atomic E-state index is 0.242. The van der Waals surface area contributed by atoms with Crippen molar-refractivity contribution in [2.45, 2.75) is 18.7 Å². The summed E-state index contributed by atoms with van der Waals surface area (Å²) in [7, 11) is 0. The van der Waals surface area contributed by atoms with E-state index in [4.69, 9.17) is 51.8 Å². The number of carbonyl (C=O) groups is 1. The summed E-state index contributed by atoms with van der Waals surface area (Å²) >= 11 is 23.7. The molecule has 1 fully saturated rings. The van der Waals surface area contributed by atoms with E-state index in [0.29, 0.717) is 37.2 Å². The Bertz CT molecular complexity index is 954. The average Bonchev–Trinajstić information content (AvgIpc) is 2.57. The van der Waals surface area contributed by atoms with Gasteiger partial charge in [-0.2, -0.15) is 0 Å². The Labute approximate surface area is 176 Å². The standard InChI is InChI=1S/C18H14Cl3N3O2S/c1-18-13(16(25)22-10-4-2-8(19)3-5-10)14(23-17(27)24-18)11-6-9(20)7-12(21)15(11)26-18/h2-7,13-14H,1H3,(H,22,25)(H2,23,24,27). The summed E-state index contributed by atoms with van der Waals surface area (Å²) in [6.45, 7) is 1.77. The van der Waals surface area contributed by atoms with Gasteiger partial charge in [0.2, 0.25) is 5.91 Å². The van der Waals surface area contributed by atoms with Crippen LogP contribution < -0.4 is 20.7 Å². The lowest BCUT2D eigenvalue weighted by Crippen LogP contribution is -2.70. The Balaban J connectivity index is 1.74. The summed E-state index contributed by atoms with van der Waals surface area (Å²) in [5, 5.41) is 10.9. The number of fused-ring (bicyclic) bond motifs is 4. The Morgan fingerprint density at radius 2 is 1.89 bits per heavy atom. The fourth-order valence-electron chi connectivity index (χ4n) is 3.51. The van der Waals surface area contributed by atoms with Crippen LogP contribution >= 0.6 is 47.0 Å². The zero-order valence-electron chi connectivity index (χ0n) is 14.0. The second-order valence-corrected chi connectivity index (χ2v) is 8.25. The maximum Gasteiger partial charge on any atom is 0.236 e. The summed E-state index contributed by atoms with van der Waals surface area (Å²) in [6, 6.07) is 9.76. The van der Waals surface area contributed by atoms with Gasteiger partial charge in [-0.25, -0.2) is 0 Å². The highest BCUT2D eigenvalue weighted by atomic mass is 35.5. The van der Waals surface area contributed by atoms with Gasteiger partial charge in [0, 0.05) is 21.3 Å². The molecule has 1 saturated heterocycles. The molecule has 9 heteroatoms.